The van der Waals surface area contributed by atoms with Crippen molar-refractivity contribution < 1.29 is 19.1 Å². The van der Waals surface area contributed by atoms with Crippen LogP contribution in [0.25, 0.3) is 6.08 Å². The summed E-state index contributed by atoms with van der Waals surface area (Å²) in [4.78, 5) is 31.5. The number of nitrogens with zero attached hydrogens (tertiary/aromatic N) is 3. The number of ether oxygens (including phenoxy) is 2. The smallest absolute Gasteiger partial charge is 0.242 e. The van der Waals surface area contributed by atoms with E-state index in [2.05, 4.69) is 17.0 Å². The second-order valence-corrected chi connectivity index (χ2v) is 8.06. The Labute approximate surface area is 188 Å². The molecule has 1 fully saturated rings. The van der Waals surface area contributed by atoms with Crippen LogP contribution in [0.3, 0.4) is 0 Å². The van der Waals surface area contributed by atoms with Gasteiger partial charge in [-0.25, -0.2) is 0 Å². The molecule has 32 heavy (non-hydrogen) atoms. The third-order valence-corrected chi connectivity index (χ3v) is 6.02. The van der Waals surface area contributed by atoms with E-state index in [1.807, 2.05) is 41.3 Å². The fourth-order valence-corrected chi connectivity index (χ4v) is 4.15. The Kier molecular flexibility index (Phi) is 6.75. The predicted octanol–water partition coefficient (Wildman–Crippen LogP) is 2.40. The first-order chi connectivity index (χ1) is 15.6. The van der Waals surface area contributed by atoms with Gasteiger partial charge in [-0.1, -0.05) is 30.3 Å². The molecule has 0 unspecified atom stereocenters. The molecule has 2 aliphatic heterocycles. The number of benzene rings is 2. The molecular weight excluding hydrogens is 406 g/mol. The fourth-order valence-electron chi connectivity index (χ4n) is 4.15. The molecule has 0 saturated carbocycles. The van der Waals surface area contributed by atoms with Crippen LogP contribution in [-0.4, -0.2) is 73.5 Å². The zero-order valence-corrected chi connectivity index (χ0v) is 18.6. The van der Waals surface area contributed by atoms with Crippen LogP contribution in [0, 0.1) is 0 Å². The molecule has 0 N–H and O–H groups in total. The second-order valence-electron chi connectivity index (χ2n) is 8.06. The van der Waals surface area contributed by atoms with Gasteiger partial charge in [-0.2, -0.15) is 0 Å². The summed E-state index contributed by atoms with van der Waals surface area (Å²) in [6, 6.07) is 14.0. The van der Waals surface area contributed by atoms with Crippen LogP contribution in [0.2, 0.25) is 0 Å². The standard InChI is InChI=1S/C25H29N3O4/c1-31-22-14-20-8-9-28(24(29)16-21(20)15-23(22)32-2)18-25(30)27-12-10-26(11-13-27)17-19-6-4-3-5-7-19/h3-9,14-15H,10-13,16-18H2,1-2H3. The largest absolute Gasteiger partial charge is 0.493 e. The van der Waals surface area contributed by atoms with Crippen LogP contribution in [-0.2, 0) is 22.6 Å². The molecule has 7 heteroatoms. The van der Waals surface area contributed by atoms with Gasteiger partial charge < -0.3 is 19.3 Å². The average Bonchev–Trinajstić information content (AvgIpc) is 2.97. The van der Waals surface area contributed by atoms with E-state index in [0.717, 1.165) is 30.8 Å². The van der Waals surface area contributed by atoms with E-state index in [1.165, 1.54) is 10.5 Å². The van der Waals surface area contributed by atoms with E-state index in [0.29, 0.717) is 24.6 Å². The van der Waals surface area contributed by atoms with Crippen LogP contribution >= 0.6 is 0 Å². The molecular formula is C25H29N3O4. The minimum atomic E-state index is -0.108. The lowest BCUT2D eigenvalue weighted by atomic mass is 10.0. The summed E-state index contributed by atoms with van der Waals surface area (Å²) in [6.07, 6.45) is 3.76. The molecule has 2 amide bonds. The number of carbonyl (C=O) groups excluding carboxylic acids is 2. The maximum atomic E-state index is 12.9. The van der Waals surface area contributed by atoms with Gasteiger partial charge in [0.05, 0.1) is 20.6 Å². The minimum absolute atomic E-state index is 0.0246. The minimum Gasteiger partial charge on any atom is -0.493 e. The van der Waals surface area contributed by atoms with Crippen LogP contribution < -0.4 is 9.47 Å². The SMILES string of the molecule is COc1cc2c(cc1OC)CC(=O)N(CC(=O)N1CCN(Cc3ccccc3)CC1)C=C2. The van der Waals surface area contributed by atoms with Crippen molar-refractivity contribution >= 4 is 17.9 Å². The highest BCUT2D eigenvalue weighted by Gasteiger charge is 2.26. The van der Waals surface area contributed by atoms with Gasteiger partial charge in [0.1, 0.15) is 6.54 Å². The number of hydrogen-bond donors (Lipinski definition) is 0. The highest BCUT2D eigenvalue weighted by atomic mass is 16.5. The number of carbonyl (C=O) groups is 2. The molecule has 2 aromatic carbocycles. The van der Waals surface area contributed by atoms with Gasteiger partial charge in [0.15, 0.2) is 11.5 Å². The first-order valence-electron chi connectivity index (χ1n) is 10.8. The first-order valence-corrected chi connectivity index (χ1v) is 10.8. The van der Waals surface area contributed by atoms with E-state index in [-0.39, 0.29) is 24.8 Å². The summed E-state index contributed by atoms with van der Waals surface area (Å²) in [7, 11) is 3.16. The van der Waals surface area contributed by atoms with Gasteiger partial charge in [-0.05, 0) is 34.9 Å². The summed E-state index contributed by atoms with van der Waals surface area (Å²) in [5.41, 5.74) is 3.02. The molecule has 0 radical (unpaired) electrons. The van der Waals surface area contributed by atoms with Gasteiger partial charge in [0.2, 0.25) is 11.8 Å². The third-order valence-electron chi connectivity index (χ3n) is 6.02. The molecule has 1 saturated heterocycles. The molecule has 0 spiro atoms. The van der Waals surface area contributed by atoms with Crippen LogP contribution in [0.15, 0.2) is 48.7 Å². The van der Waals surface area contributed by atoms with E-state index in [1.54, 1.807) is 20.4 Å². The van der Waals surface area contributed by atoms with Crippen molar-refractivity contribution in [2.75, 3.05) is 46.9 Å². The quantitative estimate of drug-likeness (QED) is 0.697. The molecule has 0 atom stereocenters. The Balaban J connectivity index is 1.35. The Morgan fingerprint density at radius 1 is 0.969 bits per heavy atom. The van der Waals surface area contributed by atoms with E-state index < -0.39 is 0 Å². The summed E-state index contributed by atoms with van der Waals surface area (Å²) >= 11 is 0. The number of rotatable bonds is 6. The molecule has 7 nitrogen and oxygen atoms in total. The van der Waals surface area contributed by atoms with Crippen LogP contribution in [0.1, 0.15) is 16.7 Å². The Morgan fingerprint density at radius 2 is 1.66 bits per heavy atom. The number of piperazine rings is 1. The molecule has 2 heterocycles. The fraction of sp³-hybridized carbons (Fsp3) is 0.360. The van der Waals surface area contributed by atoms with Crippen molar-refractivity contribution in [3.05, 3.63) is 65.4 Å². The van der Waals surface area contributed by atoms with E-state index in [4.69, 9.17) is 9.47 Å². The second kappa shape index (κ2) is 9.87. The van der Waals surface area contributed by atoms with Gasteiger partial charge in [0.25, 0.3) is 0 Å². The normalized spacial score (nSPS) is 16.5. The van der Waals surface area contributed by atoms with Crippen molar-refractivity contribution in [2.24, 2.45) is 0 Å². The highest BCUT2D eigenvalue weighted by molar-refractivity contribution is 5.89. The van der Waals surface area contributed by atoms with E-state index in [9.17, 15) is 9.59 Å². The van der Waals surface area contributed by atoms with Crippen molar-refractivity contribution in [1.82, 2.24) is 14.7 Å². The Hall–Kier alpha value is -3.32. The number of fused-ring (bicyclic) bond motifs is 1. The molecule has 0 aromatic heterocycles. The highest BCUT2D eigenvalue weighted by Crippen LogP contribution is 2.32. The van der Waals surface area contributed by atoms with E-state index >= 15 is 0 Å². The zero-order chi connectivity index (χ0) is 22.5. The maximum Gasteiger partial charge on any atom is 0.242 e. The van der Waals surface area contributed by atoms with Gasteiger partial charge >= 0.3 is 0 Å². The Morgan fingerprint density at radius 3 is 2.34 bits per heavy atom. The topological polar surface area (TPSA) is 62.3 Å². The zero-order valence-electron chi connectivity index (χ0n) is 18.6. The first kappa shape index (κ1) is 21.9. The summed E-state index contributed by atoms with van der Waals surface area (Å²) < 4.78 is 10.7. The van der Waals surface area contributed by atoms with Crippen molar-refractivity contribution in [3.63, 3.8) is 0 Å². The molecule has 4 rings (SSSR count). The number of amides is 2. The van der Waals surface area contributed by atoms with Gasteiger partial charge in [0, 0.05) is 38.9 Å². The maximum absolute atomic E-state index is 12.9. The van der Waals surface area contributed by atoms with Crippen LogP contribution in [0.5, 0.6) is 11.5 Å². The summed E-state index contributed by atoms with van der Waals surface area (Å²) in [6.45, 7) is 3.95. The number of methoxy groups -OCH3 is 2. The molecule has 168 valence electrons. The third kappa shape index (κ3) is 4.94. The summed E-state index contributed by atoms with van der Waals surface area (Å²) in [5, 5.41) is 0. The lowest BCUT2D eigenvalue weighted by Gasteiger charge is -2.35. The number of hydrogen-bond acceptors (Lipinski definition) is 5. The lowest BCUT2D eigenvalue weighted by molar-refractivity contribution is -0.139. The summed E-state index contributed by atoms with van der Waals surface area (Å²) in [5.74, 6) is 1.07. The molecule has 2 aliphatic rings. The van der Waals surface area contributed by atoms with Crippen molar-refractivity contribution in [1.29, 1.82) is 0 Å². The predicted molar refractivity (Wildman–Crippen MR) is 122 cm³/mol. The van der Waals surface area contributed by atoms with Crippen LogP contribution in [0.4, 0.5) is 0 Å². The average molecular weight is 436 g/mol. The van der Waals surface area contributed by atoms with Crippen molar-refractivity contribution in [2.45, 2.75) is 13.0 Å². The van der Waals surface area contributed by atoms with Gasteiger partial charge in [-0.3, -0.25) is 14.5 Å². The Bertz CT molecular complexity index is 998. The monoisotopic (exact) mass is 435 g/mol. The lowest BCUT2D eigenvalue weighted by Crippen LogP contribution is -2.51. The van der Waals surface area contributed by atoms with Crippen molar-refractivity contribution in [3.8, 4) is 11.5 Å². The molecule has 0 aliphatic carbocycles. The van der Waals surface area contributed by atoms with Gasteiger partial charge in [-0.15, -0.1) is 0 Å². The molecule has 2 aromatic rings. The molecule has 0 bridgehead atoms.